The van der Waals surface area contributed by atoms with E-state index in [1.54, 1.807) is 26.5 Å². The van der Waals surface area contributed by atoms with Gasteiger partial charge in [-0.1, -0.05) is 51.2 Å². The number of methoxy groups -OCH3 is 2. The van der Waals surface area contributed by atoms with Crippen LogP contribution in [-0.2, 0) is 4.79 Å². The Bertz CT molecular complexity index is 949. The first-order valence-electron chi connectivity index (χ1n) is 12.4. The molecule has 2 aromatic rings. The molecule has 1 saturated heterocycles. The molecule has 3 rings (SSSR count). The van der Waals surface area contributed by atoms with E-state index in [9.17, 15) is 4.79 Å². The van der Waals surface area contributed by atoms with Crippen molar-refractivity contribution in [1.82, 2.24) is 16.3 Å². The van der Waals surface area contributed by atoms with Gasteiger partial charge in [-0.2, -0.15) is 5.10 Å². The minimum absolute atomic E-state index is 0.0315. The Morgan fingerprint density at radius 1 is 1.00 bits per heavy atom. The normalized spacial score (nSPS) is 17.5. The summed E-state index contributed by atoms with van der Waals surface area (Å²) in [5.74, 6) is 1.98. The second-order valence-corrected chi connectivity index (χ2v) is 8.66. The zero-order chi connectivity index (χ0) is 24.9. The molecule has 1 heterocycles. The van der Waals surface area contributed by atoms with E-state index in [0.29, 0.717) is 17.9 Å². The molecule has 190 valence electrons. The number of nitrogens with zero attached hydrogens (tertiary/aromatic N) is 1. The first-order valence-corrected chi connectivity index (χ1v) is 12.4. The molecule has 1 aliphatic heterocycles. The van der Waals surface area contributed by atoms with E-state index in [1.807, 2.05) is 36.4 Å². The Kier molecular flexibility index (Phi) is 10.9. The van der Waals surface area contributed by atoms with Gasteiger partial charge in [-0.25, -0.2) is 16.3 Å². The summed E-state index contributed by atoms with van der Waals surface area (Å²) in [5, 5.41) is 4.09. The van der Waals surface area contributed by atoms with Crippen LogP contribution in [0, 0.1) is 0 Å². The van der Waals surface area contributed by atoms with Gasteiger partial charge in [0.2, 0.25) is 0 Å². The highest BCUT2D eigenvalue weighted by Crippen LogP contribution is 2.25. The topological polar surface area (TPSA) is 93.2 Å². The molecule has 0 bridgehead atoms. The number of unbranched alkanes of at least 4 members (excludes halogenated alkanes) is 5. The van der Waals surface area contributed by atoms with Crippen LogP contribution in [0.2, 0.25) is 0 Å². The third-order valence-electron chi connectivity index (χ3n) is 6.09. The second-order valence-electron chi connectivity index (χ2n) is 8.66. The van der Waals surface area contributed by atoms with E-state index >= 15 is 0 Å². The third kappa shape index (κ3) is 8.26. The number of amides is 1. The Morgan fingerprint density at radius 2 is 1.74 bits per heavy atom. The number of carbonyl (C=O) groups is 1. The summed E-state index contributed by atoms with van der Waals surface area (Å²) in [6.45, 7) is 2.98. The van der Waals surface area contributed by atoms with Crippen LogP contribution in [0.15, 0.2) is 47.6 Å². The number of hydrogen-bond acceptors (Lipinski definition) is 7. The van der Waals surface area contributed by atoms with Crippen LogP contribution in [-0.4, -0.2) is 39.0 Å². The van der Waals surface area contributed by atoms with Crippen LogP contribution in [0.4, 0.5) is 0 Å². The Hall–Kier alpha value is -3.10. The van der Waals surface area contributed by atoms with Crippen LogP contribution < -0.4 is 30.5 Å². The molecular weight excluding hydrogens is 444 g/mol. The van der Waals surface area contributed by atoms with Crippen LogP contribution in [0.25, 0.3) is 0 Å². The molecule has 8 heteroatoms. The first kappa shape index (κ1) is 26.5. The molecule has 2 unspecified atom stereocenters. The lowest BCUT2D eigenvalue weighted by Crippen LogP contribution is -2.41. The standard InChI is InChI=1S/C27H38N4O4/c1-4-5-6-7-8-9-16-35-22-13-10-20(11-14-22)24-18-25(30-29-24)27(32)31-28-19-21-12-15-23(33-2)17-26(21)34-3/h10-15,17,19,24-25,29-30H,4-9,16,18H2,1-3H3,(H,31,32)/b28-19+. The SMILES string of the molecule is CCCCCCCCOc1ccc(C2CC(C(=O)N/N=C/c3ccc(OC)cc3OC)NN2)cc1. The lowest BCUT2D eigenvalue weighted by molar-refractivity contribution is -0.122. The maximum atomic E-state index is 12.6. The van der Waals surface area contributed by atoms with E-state index in [2.05, 4.69) is 28.3 Å². The van der Waals surface area contributed by atoms with Crippen LogP contribution >= 0.6 is 0 Å². The van der Waals surface area contributed by atoms with Crippen molar-refractivity contribution < 1.29 is 19.0 Å². The van der Waals surface area contributed by atoms with Gasteiger partial charge in [0.25, 0.3) is 5.91 Å². The van der Waals surface area contributed by atoms with E-state index in [4.69, 9.17) is 14.2 Å². The third-order valence-corrected chi connectivity index (χ3v) is 6.09. The maximum Gasteiger partial charge on any atom is 0.258 e. The Morgan fingerprint density at radius 3 is 2.49 bits per heavy atom. The summed E-state index contributed by atoms with van der Waals surface area (Å²) in [7, 11) is 3.17. The minimum Gasteiger partial charge on any atom is -0.497 e. The molecule has 3 N–H and O–H groups in total. The van der Waals surface area contributed by atoms with Gasteiger partial charge >= 0.3 is 0 Å². The quantitative estimate of drug-likeness (QED) is 0.209. The summed E-state index contributed by atoms with van der Waals surface area (Å²) in [4.78, 5) is 12.6. The van der Waals surface area contributed by atoms with Crippen molar-refractivity contribution in [3.8, 4) is 17.2 Å². The number of benzene rings is 2. The van der Waals surface area contributed by atoms with Crippen LogP contribution in [0.5, 0.6) is 17.2 Å². The molecule has 0 saturated carbocycles. The molecule has 1 amide bonds. The van der Waals surface area contributed by atoms with Crippen molar-refractivity contribution in [2.45, 2.75) is 64.0 Å². The second kappa shape index (κ2) is 14.3. The number of hydrazine groups is 1. The van der Waals surface area contributed by atoms with Crippen molar-refractivity contribution in [3.05, 3.63) is 53.6 Å². The molecular formula is C27H38N4O4. The smallest absolute Gasteiger partial charge is 0.258 e. The lowest BCUT2D eigenvalue weighted by atomic mass is 10.0. The van der Waals surface area contributed by atoms with Crippen molar-refractivity contribution in [1.29, 1.82) is 0 Å². The number of carbonyl (C=O) groups excluding carboxylic acids is 1. The summed E-state index contributed by atoms with van der Waals surface area (Å²) < 4.78 is 16.4. The molecule has 2 aromatic carbocycles. The highest BCUT2D eigenvalue weighted by atomic mass is 16.5. The van der Waals surface area contributed by atoms with Crippen molar-refractivity contribution >= 4 is 12.1 Å². The summed E-state index contributed by atoms with van der Waals surface area (Å²) in [5.41, 5.74) is 10.7. The Balaban J connectivity index is 1.41. The summed E-state index contributed by atoms with van der Waals surface area (Å²) in [6.07, 6.45) is 9.67. The fourth-order valence-electron chi connectivity index (χ4n) is 3.98. The number of hydrogen-bond donors (Lipinski definition) is 3. The molecule has 1 aliphatic rings. The maximum absolute atomic E-state index is 12.6. The fraction of sp³-hybridized carbons (Fsp3) is 0.481. The van der Waals surface area contributed by atoms with Crippen LogP contribution in [0.3, 0.4) is 0 Å². The van der Waals surface area contributed by atoms with Gasteiger partial charge in [-0.15, -0.1) is 0 Å². The van der Waals surface area contributed by atoms with E-state index in [-0.39, 0.29) is 11.9 Å². The van der Waals surface area contributed by atoms with Crippen LogP contribution in [0.1, 0.15) is 69.0 Å². The number of nitrogens with one attached hydrogen (secondary N) is 3. The number of hydrazone groups is 1. The van der Waals surface area contributed by atoms with Gasteiger partial charge in [0.05, 0.1) is 27.0 Å². The molecule has 35 heavy (non-hydrogen) atoms. The van der Waals surface area contributed by atoms with Crippen molar-refractivity contribution in [3.63, 3.8) is 0 Å². The predicted molar refractivity (Wildman–Crippen MR) is 138 cm³/mol. The fourth-order valence-corrected chi connectivity index (χ4v) is 3.98. The minimum atomic E-state index is -0.390. The van der Waals surface area contributed by atoms with Gasteiger partial charge in [0.15, 0.2) is 0 Å². The molecule has 0 spiro atoms. The largest absolute Gasteiger partial charge is 0.497 e. The van der Waals surface area contributed by atoms with Gasteiger partial charge in [0, 0.05) is 17.7 Å². The zero-order valence-corrected chi connectivity index (χ0v) is 21.0. The molecule has 0 aliphatic carbocycles. The number of ether oxygens (including phenoxy) is 3. The van der Waals surface area contributed by atoms with E-state index < -0.39 is 6.04 Å². The molecule has 1 fully saturated rings. The molecule has 0 radical (unpaired) electrons. The summed E-state index contributed by atoms with van der Waals surface area (Å²) in [6, 6.07) is 13.1. The zero-order valence-electron chi connectivity index (χ0n) is 21.0. The van der Waals surface area contributed by atoms with Gasteiger partial charge in [-0.3, -0.25) is 4.79 Å². The van der Waals surface area contributed by atoms with Gasteiger partial charge in [0.1, 0.15) is 23.3 Å². The van der Waals surface area contributed by atoms with E-state index in [1.165, 1.54) is 32.1 Å². The average Bonchev–Trinajstić information content (AvgIpc) is 3.39. The summed E-state index contributed by atoms with van der Waals surface area (Å²) >= 11 is 0. The van der Waals surface area contributed by atoms with E-state index in [0.717, 1.165) is 29.9 Å². The monoisotopic (exact) mass is 482 g/mol. The average molecular weight is 483 g/mol. The van der Waals surface area contributed by atoms with Gasteiger partial charge < -0.3 is 14.2 Å². The lowest BCUT2D eigenvalue weighted by Gasteiger charge is -2.11. The first-order chi connectivity index (χ1) is 17.1. The Labute approximate surface area is 208 Å². The highest BCUT2D eigenvalue weighted by Gasteiger charge is 2.30. The molecule has 2 atom stereocenters. The van der Waals surface area contributed by atoms with Gasteiger partial charge in [-0.05, 0) is 42.7 Å². The van der Waals surface area contributed by atoms with Crippen molar-refractivity contribution in [2.24, 2.45) is 5.10 Å². The predicted octanol–water partition coefficient (Wildman–Crippen LogP) is 4.50. The number of rotatable bonds is 14. The molecule has 0 aromatic heterocycles. The highest BCUT2D eigenvalue weighted by molar-refractivity contribution is 5.87. The molecule has 8 nitrogen and oxygen atoms in total. The van der Waals surface area contributed by atoms with Crippen molar-refractivity contribution in [2.75, 3.05) is 20.8 Å².